The minimum atomic E-state index is -0.860. The summed E-state index contributed by atoms with van der Waals surface area (Å²) in [5.41, 5.74) is 0.598. The lowest BCUT2D eigenvalue weighted by molar-refractivity contribution is -0.384. The van der Waals surface area contributed by atoms with Crippen LogP contribution in [0.1, 0.15) is 31.7 Å². The number of nitrogens with zero attached hydrogens (tertiary/aromatic N) is 2. The highest BCUT2D eigenvalue weighted by Gasteiger charge is 2.36. The Morgan fingerprint density at radius 2 is 2.12 bits per heavy atom. The number of nitro benzene ring substituents is 1. The van der Waals surface area contributed by atoms with Crippen molar-refractivity contribution in [1.29, 1.82) is 0 Å². The largest absolute Gasteiger partial charge is 0.461 e. The number of nitro groups is 1. The van der Waals surface area contributed by atoms with Crippen LogP contribution in [0.3, 0.4) is 0 Å². The number of ether oxygens (including phenoxy) is 1. The summed E-state index contributed by atoms with van der Waals surface area (Å²) in [6, 6.07) is 5.69. The fraction of sp³-hybridized carbons (Fsp3) is 0.500. The van der Waals surface area contributed by atoms with Crippen LogP contribution in [0.2, 0.25) is 0 Å². The van der Waals surface area contributed by atoms with Gasteiger partial charge in [0.15, 0.2) is 0 Å². The van der Waals surface area contributed by atoms with Crippen molar-refractivity contribution < 1.29 is 24.4 Å². The smallest absolute Gasteiger partial charge is 0.308 e. The van der Waals surface area contributed by atoms with Crippen molar-refractivity contribution in [3.05, 3.63) is 39.9 Å². The summed E-state index contributed by atoms with van der Waals surface area (Å²) in [6.07, 6.45) is -0.244. The molecule has 1 aromatic rings. The van der Waals surface area contributed by atoms with E-state index in [2.05, 4.69) is 0 Å². The van der Waals surface area contributed by atoms with Crippen molar-refractivity contribution in [1.82, 2.24) is 4.90 Å². The molecule has 0 aromatic heterocycles. The Kier molecular flexibility index (Phi) is 5.86. The molecule has 1 heterocycles. The number of hydrogen-bond acceptors (Lipinski definition) is 6. The van der Waals surface area contributed by atoms with Gasteiger partial charge in [0.1, 0.15) is 6.61 Å². The van der Waals surface area contributed by atoms with E-state index in [1.807, 2.05) is 6.92 Å². The Balaban J connectivity index is 1.72. The monoisotopic (exact) mass is 336 g/mol. The van der Waals surface area contributed by atoms with Gasteiger partial charge in [-0.1, -0.05) is 0 Å². The molecule has 1 saturated heterocycles. The maximum absolute atomic E-state index is 11.7. The lowest BCUT2D eigenvalue weighted by atomic mass is 9.95. The number of β-lactam (4-membered cyclic amide) rings is 1. The lowest BCUT2D eigenvalue weighted by Crippen LogP contribution is -2.53. The predicted molar refractivity (Wildman–Crippen MR) is 83.9 cm³/mol. The van der Waals surface area contributed by atoms with E-state index in [0.717, 1.165) is 0 Å². The maximum atomic E-state index is 11.7. The van der Waals surface area contributed by atoms with Gasteiger partial charge in [0.25, 0.3) is 5.69 Å². The number of carbonyl (C=O) groups is 2. The van der Waals surface area contributed by atoms with E-state index in [1.165, 1.54) is 24.3 Å². The number of hydrogen-bond donors (Lipinski definition) is 1. The van der Waals surface area contributed by atoms with Crippen LogP contribution in [0.15, 0.2) is 24.3 Å². The third-order valence-electron chi connectivity index (χ3n) is 4.01. The first kappa shape index (κ1) is 17.9. The van der Waals surface area contributed by atoms with Crippen molar-refractivity contribution >= 4 is 17.6 Å². The molecule has 2 atom stereocenters. The van der Waals surface area contributed by atoms with Gasteiger partial charge in [0.05, 0.1) is 17.4 Å². The first-order valence-electron chi connectivity index (χ1n) is 7.77. The first-order valence-corrected chi connectivity index (χ1v) is 7.77. The van der Waals surface area contributed by atoms with E-state index in [9.17, 15) is 24.8 Å². The normalized spacial score (nSPS) is 18.0. The zero-order valence-electron chi connectivity index (χ0n) is 13.4. The zero-order valence-corrected chi connectivity index (χ0v) is 13.4. The highest BCUT2D eigenvalue weighted by Crippen LogP contribution is 2.24. The van der Waals surface area contributed by atoms with Gasteiger partial charge in [-0.2, -0.15) is 0 Å². The third-order valence-corrected chi connectivity index (χ3v) is 4.01. The Morgan fingerprint density at radius 1 is 1.46 bits per heavy atom. The van der Waals surface area contributed by atoms with E-state index < -0.39 is 17.0 Å². The summed E-state index contributed by atoms with van der Waals surface area (Å²) in [4.78, 5) is 34.8. The molecule has 24 heavy (non-hydrogen) atoms. The number of likely N-dealkylation sites (tertiary alicyclic amines) is 1. The van der Waals surface area contributed by atoms with Gasteiger partial charge >= 0.3 is 5.97 Å². The molecule has 8 nitrogen and oxygen atoms in total. The molecule has 130 valence electrons. The predicted octanol–water partition coefficient (Wildman–Crippen LogP) is 1.40. The summed E-state index contributed by atoms with van der Waals surface area (Å²) < 4.78 is 5.06. The molecule has 0 bridgehead atoms. The van der Waals surface area contributed by atoms with Gasteiger partial charge in [-0.15, -0.1) is 0 Å². The molecular formula is C16H20N2O6. The van der Waals surface area contributed by atoms with E-state index >= 15 is 0 Å². The number of rotatable bonds is 8. The van der Waals surface area contributed by atoms with Crippen molar-refractivity contribution in [3.8, 4) is 0 Å². The molecule has 1 N–H and O–H groups in total. The van der Waals surface area contributed by atoms with E-state index in [1.54, 1.807) is 4.90 Å². The molecule has 8 heteroatoms. The van der Waals surface area contributed by atoms with Crippen LogP contribution in [0.25, 0.3) is 0 Å². The van der Waals surface area contributed by atoms with Crippen molar-refractivity contribution in [2.75, 3.05) is 6.54 Å². The van der Waals surface area contributed by atoms with Gasteiger partial charge in [-0.25, -0.2) is 0 Å². The van der Waals surface area contributed by atoms with Crippen LogP contribution in [-0.4, -0.2) is 45.5 Å². The minimum absolute atomic E-state index is 0.00739. The number of aliphatic hydroxyl groups is 1. The topological polar surface area (TPSA) is 110 Å². The van der Waals surface area contributed by atoms with Gasteiger partial charge in [-0.05, 0) is 31.0 Å². The van der Waals surface area contributed by atoms with Gasteiger partial charge in [-0.3, -0.25) is 19.7 Å². The van der Waals surface area contributed by atoms with Crippen LogP contribution < -0.4 is 0 Å². The number of non-ortho nitro benzene ring substituents is 1. The molecular weight excluding hydrogens is 316 g/mol. The summed E-state index contributed by atoms with van der Waals surface area (Å²) in [7, 11) is 0. The second-order valence-electron chi connectivity index (χ2n) is 5.72. The average Bonchev–Trinajstić information content (AvgIpc) is 2.53. The molecule has 2 rings (SSSR count). The SMILES string of the molecule is CCN1C(=O)CC1CC(O)CC(=O)OCc1ccc([N+](=O)[O-])cc1. The van der Waals surface area contributed by atoms with E-state index in [0.29, 0.717) is 24.9 Å². The van der Waals surface area contributed by atoms with Gasteiger partial charge < -0.3 is 14.7 Å². The van der Waals surface area contributed by atoms with E-state index in [4.69, 9.17) is 4.74 Å². The number of amides is 1. The highest BCUT2D eigenvalue weighted by molar-refractivity contribution is 5.83. The Morgan fingerprint density at radius 3 is 2.67 bits per heavy atom. The van der Waals surface area contributed by atoms with Crippen LogP contribution in [-0.2, 0) is 20.9 Å². The minimum Gasteiger partial charge on any atom is -0.461 e. The first-order chi connectivity index (χ1) is 11.4. The van der Waals surface area contributed by atoms with Crippen molar-refractivity contribution in [3.63, 3.8) is 0 Å². The lowest BCUT2D eigenvalue weighted by Gasteiger charge is -2.40. The molecule has 2 unspecified atom stereocenters. The number of aliphatic hydroxyl groups excluding tert-OH is 1. The molecule has 0 saturated carbocycles. The second-order valence-corrected chi connectivity index (χ2v) is 5.72. The molecule has 1 amide bonds. The molecule has 0 aliphatic carbocycles. The van der Waals surface area contributed by atoms with Crippen LogP contribution in [0, 0.1) is 10.1 Å². The van der Waals surface area contributed by atoms with Crippen LogP contribution in [0.4, 0.5) is 5.69 Å². The third kappa shape index (κ3) is 4.51. The maximum Gasteiger partial charge on any atom is 0.308 e. The average molecular weight is 336 g/mol. The van der Waals surface area contributed by atoms with Gasteiger partial charge in [0.2, 0.25) is 5.91 Å². The van der Waals surface area contributed by atoms with Crippen LogP contribution >= 0.6 is 0 Å². The fourth-order valence-corrected chi connectivity index (χ4v) is 2.69. The molecule has 0 radical (unpaired) electrons. The second kappa shape index (κ2) is 7.87. The summed E-state index contributed by atoms with van der Waals surface area (Å²) in [5.74, 6) is -0.481. The number of carbonyl (C=O) groups excluding carboxylic acids is 2. The van der Waals surface area contributed by atoms with Crippen molar-refractivity contribution in [2.24, 2.45) is 0 Å². The molecule has 1 aromatic carbocycles. The molecule has 1 aliphatic heterocycles. The Hall–Kier alpha value is -2.48. The molecule has 0 spiro atoms. The Labute approximate surface area is 139 Å². The van der Waals surface area contributed by atoms with Crippen molar-refractivity contribution in [2.45, 2.75) is 44.9 Å². The highest BCUT2D eigenvalue weighted by atomic mass is 16.6. The number of benzene rings is 1. The van der Waals surface area contributed by atoms with Crippen LogP contribution in [0.5, 0.6) is 0 Å². The molecule has 1 aliphatic rings. The summed E-state index contributed by atoms with van der Waals surface area (Å²) in [6.45, 7) is 2.46. The quantitative estimate of drug-likeness (QED) is 0.332. The number of esters is 1. The van der Waals surface area contributed by atoms with E-state index in [-0.39, 0.29) is 30.7 Å². The molecule has 1 fully saturated rings. The Bertz CT molecular complexity index is 615. The fourth-order valence-electron chi connectivity index (χ4n) is 2.69. The summed E-state index contributed by atoms with van der Waals surface area (Å²) >= 11 is 0. The zero-order chi connectivity index (χ0) is 17.7. The standard InChI is InChI=1S/C16H20N2O6/c1-2-17-13(8-15(17)20)7-14(19)9-16(21)24-10-11-3-5-12(6-4-11)18(22)23/h3-6,13-14,19H,2,7-10H2,1H3. The summed E-state index contributed by atoms with van der Waals surface area (Å²) in [5, 5.41) is 20.5. The van der Waals surface area contributed by atoms with Gasteiger partial charge in [0, 0.05) is 31.1 Å².